The summed E-state index contributed by atoms with van der Waals surface area (Å²) in [4.78, 5) is 0. The molecule has 6 heteroatoms. The zero-order chi connectivity index (χ0) is 13.8. The Morgan fingerprint density at radius 2 is 2.21 bits per heavy atom. The molecule has 102 valence electrons. The Balaban J connectivity index is 2.30. The summed E-state index contributed by atoms with van der Waals surface area (Å²) in [5.74, 6) is 0.563. The predicted molar refractivity (Wildman–Crippen MR) is 75.7 cm³/mol. The third kappa shape index (κ3) is 2.85. The van der Waals surface area contributed by atoms with E-state index in [1.165, 1.54) is 18.4 Å². The van der Waals surface area contributed by atoms with Crippen molar-refractivity contribution in [3.05, 3.63) is 23.2 Å². The molecule has 0 saturated carbocycles. The first-order valence-corrected chi connectivity index (χ1v) is 6.89. The molecule has 19 heavy (non-hydrogen) atoms. The van der Waals surface area contributed by atoms with Gasteiger partial charge < -0.3 is 15.2 Å². The minimum absolute atomic E-state index is 0.109. The summed E-state index contributed by atoms with van der Waals surface area (Å²) in [7, 11) is 3.44. The smallest absolute Gasteiger partial charge is 0.160 e. The van der Waals surface area contributed by atoms with Crippen LogP contribution in [-0.4, -0.2) is 29.5 Å². The van der Waals surface area contributed by atoms with Crippen molar-refractivity contribution in [2.45, 2.75) is 19.4 Å². The molecular formula is C13H17N3O2S. The number of ether oxygens (including phenoxy) is 1. The number of nitrogens with one attached hydrogen (secondary N) is 1. The lowest BCUT2D eigenvalue weighted by molar-refractivity contribution is 0.373. The Labute approximate surface area is 116 Å². The fourth-order valence-corrected chi connectivity index (χ4v) is 2.85. The van der Waals surface area contributed by atoms with Crippen molar-refractivity contribution in [1.29, 1.82) is 0 Å². The molecule has 0 amide bonds. The number of rotatable bonds is 5. The number of methoxy groups -OCH3 is 1. The van der Waals surface area contributed by atoms with Crippen LogP contribution in [-0.2, 0) is 0 Å². The minimum atomic E-state index is 0.109. The quantitative estimate of drug-likeness (QED) is 0.880. The number of benzene rings is 1. The topological polar surface area (TPSA) is 67.3 Å². The zero-order valence-corrected chi connectivity index (χ0v) is 12.0. The number of hydrogen-bond donors (Lipinski definition) is 2. The molecule has 0 saturated heterocycles. The van der Waals surface area contributed by atoms with Crippen LogP contribution >= 0.6 is 11.3 Å². The highest BCUT2D eigenvalue weighted by atomic mass is 32.1. The monoisotopic (exact) mass is 279 g/mol. The second-order valence-electron chi connectivity index (χ2n) is 4.08. The van der Waals surface area contributed by atoms with E-state index in [9.17, 15) is 5.11 Å². The molecule has 2 rings (SSSR count). The molecular weight excluding hydrogens is 262 g/mol. The summed E-state index contributed by atoms with van der Waals surface area (Å²) in [6.07, 6.45) is 0.957. The first kappa shape index (κ1) is 13.8. The Kier molecular flexibility index (Phi) is 4.34. The maximum Gasteiger partial charge on any atom is 0.160 e. The van der Waals surface area contributed by atoms with E-state index in [4.69, 9.17) is 4.74 Å². The molecule has 1 aromatic carbocycles. The SMILES string of the molecule is CCC(NC)c1nnc(-c2ccc(OC)c(O)c2)s1. The Morgan fingerprint density at radius 3 is 2.79 bits per heavy atom. The second kappa shape index (κ2) is 5.99. The lowest BCUT2D eigenvalue weighted by atomic mass is 10.2. The van der Waals surface area contributed by atoms with Crippen molar-refractivity contribution in [2.75, 3.05) is 14.2 Å². The highest BCUT2D eigenvalue weighted by molar-refractivity contribution is 7.14. The molecule has 2 aromatic rings. The molecule has 5 nitrogen and oxygen atoms in total. The maximum atomic E-state index is 9.78. The summed E-state index contributed by atoms with van der Waals surface area (Å²) in [6.45, 7) is 2.10. The van der Waals surface area contributed by atoms with Crippen LogP contribution in [0.4, 0.5) is 0 Å². The zero-order valence-electron chi connectivity index (χ0n) is 11.2. The maximum absolute atomic E-state index is 9.78. The Hall–Kier alpha value is -1.66. The molecule has 1 aromatic heterocycles. The van der Waals surface area contributed by atoms with Gasteiger partial charge in [0.2, 0.25) is 0 Å². The van der Waals surface area contributed by atoms with Crippen molar-refractivity contribution in [3.8, 4) is 22.1 Å². The van der Waals surface area contributed by atoms with Gasteiger partial charge in [0.1, 0.15) is 10.0 Å². The number of aromatic hydroxyl groups is 1. The van der Waals surface area contributed by atoms with E-state index in [0.717, 1.165) is 22.0 Å². The molecule has 1 heterocycles. The van der Waals surface area contributed by atoms with Gasteiger partial charge in [0, 0.05) is 5.56 Å². The lowest BCUT2D eigenvalue weighted by Crippen LogP contribution is -2.14. The van der Waals surface area contributed by atoms with E-state index in [0.29, 0.717) is 5.75 Å². The van der Waals surface area contributed by atoms with Gasteiger partial charge in [0.15, 0.2) is 11.5 Å². The summed E-state index contributed by atoms with van der Waals surface area (Å²) in [5, 5.41) is 23.1. The van der Waals surface area contributed by atoms with Crippen LogP contribution in [0.25, 0.3) is 10.6 Å². The standard InChI is InChI=1S/C13H17N3O2S/c1-4-9(14-2)13-16-15-12(19-13)8-5-6-11(18-3)10(17)7-8/h5-7,9,14,17H,4H2,1-3H3. The van der Waals surface area contributed by atoms with Crippen molar-refractivity contribution in [2.24, 2.45) is 0 Å². The van der Waals surface area contributed by atoms with Crippen LogP contribution in [0.1, 0.15) is 24.4 Å². The molecule has 0 aliphatic rings. The van der Waals surface area contributed by atoms with Gasteiger partial charge in [0.05, 0.1) is 13.2 Å². The highest BCUT2D eigenvalue weighted by Gasteiger charge is 2.14. The molecule has 0 fully saturated rings. The van der Waals surface area contributed by atoms with Gasteiger partial charge in [-0.2, -0.15) is 0 Å². The second-order valence-corrected chi connectivity index (χ2v) is 5.09. The Morgan fingerprint density at radius 1 is 1.42 bits per heavy atom. The van der Waals surface area contributed by atoms with Crippen molar-refractivity contribution >= 4 is 11.3 Å². The minimum Gasteiger partial charge on any atom is -0.504 e. The highest BCUT2D eigenvalue weighted by Crippen LogP contribution is 2.33. The Bertz CT molecular complexity index is 553. The van der Waals surface area contributed by atoms with Crippen molar-refractivity contribution in [1.82, 2.24) is 15.5 Å². The van der Waals surface area contributed by atoms with Crippen LogP contribution < -0.4 is 10.1 Å². The molecule has 0 aliphatic carbocycles. The molecule has 1 atom stereocenters. The summed E-state index contributed by atoms with van der Waals surface area (Å²) >= 11 is 1.53. The van der Waals surface area contributed by atoms with Crippen LogP contribution in [0.3, 0.4) is 0 Å². The molecule has 2 N–H and O–H groups in total. The van der Waals surface area contributed by atoms with Gasteiger partial charge in [0.25, 0.3) is 0 Å². The predicted octanol–water partition coefficient (Wildman–Crippen LogP) is 2.59. The van der Waals surface area contributed by atoms with E-state index in [1.54, 1.807) is 12.1 Å². The van der Waals surface area contributed by atoms with Crippen LogP contribution in [0.15, 0.2) is 18.2 Å². The van der Waals surface area contributed by atoms with E-state index < -0.39 is 0 Å². The van der Waals surface area contributed by atoms with E-state index >= 15 is 0 Å². The van der Waals surface area contributed by atoms with E-state index in [2.05, 4.69) is 22.4 Å². The first-order valence-electron chi connectivity index (χ1n) is 6.07. The van der Waals surface area contributed by atoms with Crippen LogP contribution in [0.2, 0.25) is 0 Å². The fraction of sp³-hybridized carbons (Fsp3) is 0.385. The average molecular weight is 279 g/mol. The summed E-state index contributed by atoms with van der Waals surface area (Å²) in [5.41, 5.74) is 0.841. The van der Waals surface area contributed by atoms with Gasteiger partial charge >= 0.3 is 0 Å². The molecule has 0 aliphatic heterocycles. The van der Waals surface area contributed by atoms with Gasteiger partial charge in [-0.3, -0.25) is 0 Å². The normalized spacial score (nSPS) is 12.4. The summed E-state index contributed by atoms with van der Waals surface area (Å²) in [6, 6.07) is 5.45. The fourth-order valence-electron chi connectivity index (χ4n) is 1.82. The average Bonchev–Trinajstić information content (AvgIpc) is 2.90. The van der Waals surface area contributed by atoms with Crippen LogP contribution in [0, 0.1) is 0 Å². The van der Waals surface area contributed by atoms with Crippen LogP contribution in [0.5, 0.6) is 11.5 Å². The number of nitrogens with zero attached hydrogens (tertiary/aromatic N) is 2. The largest absolute Gasteiger partial charge is 0.504 e. The lowest BCUT2D eigenvalue weighted by Gasteiger charge is -2.08. The molecule has 0 bridgehead atoms. The number of phenols is 1. The molecule has 0 radical (unpaired) electrons. The number of hydrogen-bond acceptors (Lipinski definition) is 6. The van der Waals surface area contributed by atoms with Gasteiger partial charge in [-0.25, -0.2) is 0 Å². The van der Waals surface area contributed by atoms with E-state index in [-0.39, 0.29) is 11.8 Å². The van der Waals surface area contributed by atoms with Gasteiger partial charge in [-0.1, -0.05) is 18.3 Å². The third-order valence-corrected chi connectivity index (χ3v) is 4.01. The summed E-state index contributed by atoms with van der Waals surface area (Å²) < 4.78 is 5.02. The van der Waals surface area contributed by atoms with Crippen molar-refractivity contribution in [3.63, 3.8) is 0 Å². The third-order valence-electron chi connectivity index (χ3n) is 2.92. The van der Waals surface area contributed by atoms with Crippen molar-refractivity contribution < 1.29 is 9.84 Å². The van der Waals surface area contributed by atoms with E-state index in [1.807, 2.05) is 13.1 Å². The first-order chi connectivity index (χ1) is 9.19. The number of aromatic nitrogens is 2. The van der Waals surface area contributed by atoms with Gasteiger partial charge in [-0.05, 0) is 31.7 Å². The molecule has 1 unspecified atom stereocenters. The van der Waals surface area contributed by atoms with Gasteiger partial charge in [-0.15, -0.1) is 10.2 Å². The molecule has 0 spiro atoms. The number of phenolic OH excluding ortho intramolecular Hbond substituents is 1.